The maximum atomic E-state index is 12.3. The highest BCUT2D eigenvalue weighted by Gasteiger charge is 2.34. The number of nitrogens with two attached hydrogens (primary N) is 1. The zero-order valence-electron chi connectivity index (χ0n) is 18.0. The van der Waals surface area contributed by atoms with Crippen molar-refractivity contribution in [2.45, 2.75) is 57.0 Å². The molecule has 2 heterocycles. The van der Waals surface area contributed by atoms with Crippen LogP contribution in [0.1, 0.15) is 54.7 Å². The van der Waals surface area contributed by atoms with Crippen molar-refractivity contribution < 1.29 is 9.53 Å². The first kappa shape index (κ1) is 19.9. The number of carbonyl (C=O) groups excluding carboxylic acids is 1. The number of fused-ring (bicyclic) bond motifs is 2. The average Bonchev–Trinajstić information content (AvgIpc) is 3.15. The van der Waals surface area contributed by atoms with Gasteiger partial charge >= 0.3 is 0 Å². The predicted octanol–water partition coefficient (Wildman–Crippen LogP) is 4.71. The second-order valence-corrected chi connectivity index (χ2v) is 8.86. The van der Waals surface area contributed by atoms with E-state index in [0.717, 1.165) is 33.6 Å². The number of hydrogen-bond acceptors (Lipinski definition) is 4. The zero-order chi connectivity index (χ0) is 21.4. The summed E-state index contributed by atoms with van der Waals surface area (Å²) in [4.78, 5) is 19.3. The van der Waals surface area contributed by atoms with Crippen molar-refractivity contribution >= 4 is 22.6 Å². The Morgan fingerprint density at radius 3 is 2.58 bits per heavy atom. The smallest absolute Gasteiger partial charge is 0.240 e. The number of benzene rings is 2. The van der Waals surface area contributed by atoms with Gasteiger partial charge in [0.15, 0.2) is 0 Å². The largest absolute Gasteiger partial charge is 0.497 e. The summed E-state index contributed by atoms with van der Waals surface area (Å²) >= 11 is 0. The van der Waals surface area contributed by atoms with Crippen molar-refractivity contribution in [3.8, 4) is 5.75 Å². The van der Waals surface area contributed by atoms with E-state index in [1.54, 1.807) is 7.11 Å². The van der Waals surface area contributed by atoms with Crippen molar-refractivity contribution in [2.24, 2.45) is 5.73 Å². The lowest BCUT2D eigenvalue weighted by Gasteiger charge is -2.25. The number of ether oxygens (including phenoxy) is 1. The standard InChI is InChI=1S/C26H29N3O2/c1-31-22-10-7-17(8-11-22)16-29-24(25(27)30)15-21-14-20-13-19(18-5-3-2-4-6-18)9-12-23(20)28-26(21)29/h7-14,18,24H,2-6,15-16H2,1H3,(H2,27,30). The summed E-state index contributed by atoms with van der Waals surface area (Å²) in [6.45, 7) is 0.587. The molecule has 1 fully saturated rings. The van der Waals surface area contributed by atoms with Crippen LogP contribution in [-0.4, -0.2) is 24.0 Å². The van der Waals surface area contributed by atoms with Gasteiger partial charge in [-0.2, -0.15) is 0 Å². The molecule has 1 aliphatic carbocycles. The fourth-order valence-electron chi connectivity index (χ4n) is 5.15. The van der Waals surface area contributed by atoms with Crippen LogP contribution in [0, 0.1) is 0 Å². The SMILES string of the molecule is COc1ccc(CN2c3nc4ccc(C5CCCCC5)cc4cc3CC2C(N)=O)cc1. The third-order valence-electron chi connectivity index (χ3n) is 6.87. The molecule has 0 radical (unpaired) electrons. The van der Waals surface area contributed by atoms with Crippen LogP contribution in [0.15, 0.2) is 48.5 Å². The Labute approximate surface area is 183 Å². The first-order valence-corrected chi connectivity index (χ1v) is 11.2. The van der Waals surface area contributed by atoms with Crippen LogP contribution in [0.4, 0.5) is 5.82 Å². The molecule has 5 heteroatoms. The van der Waals surface area contributed by atoms with E-state index in [1.165, 1.54) is 37.7 Å². The molecule has 1 aromatic heterocycles. The lowest BCUT2D eigenvalue weighted by atomic mass is 9.83. The summed E-state index contributed by atoms with van der Waals surface area (Å²) in [6, 6.07) is 16.4. The van der Waals surface area contributed by atoms with Crippen LogP contribution < -0.4 is 15.4 Å². The molecule has 1 atom stereocenters. The summed E-state index contributed by atoms with van der Waals surface area (Å²) in [5.41, 5.74) is 10.4. The number of primary amides is 1. The van der Waals surface area contributed by atoms with Gasteiger partial charge in [-0.15, -0.1) is 0 Å². The highest BCUT2D eigenvalue weighted by Crippen LogP contribution is 2.37. The number of aromatic nitrogens is 1. The summed E-state index contributed by atoms with van der Waals surface area (Å²) in [6.07, 6.45) is 7.18. The fraction of sp³-hybridized carbons (Fsp3) is 0.385. The number of amides is 1. The summed E-state index contributed by atoms with van der Waals surface area (Å²) in [5.74, 6) is 2.04. The molecule has 1 saturated carbocycles. The molecule has 5 nitrogen and oxygen atoms in total. The number of methoxy groups -OCH3 is 1. The van der Waals surface area contributed by atoms with Gasteiger partial charge in [-0.05, 0) is 65.8 Å². The molecule has 1 aliphatic heterocycles. The molecule has 2 N–H and O–H groups in total. The van der Waals surface area contributed by atoms with Gasteiger partial charge in [-0.1, -0.05) is 37.5 Å². The third kappa shape index (κ3) is 3.85. The maximum Gasteiger partial charge on any atom is 0.240 e. The van der Waals surface area contributed by atoms with E-state index >= 15 is 0 Å². The van der Waals surface area contributed by atoms with E-state index in [4.69, 9.17) is 15.5 Å². The molecule has 0 saturated heterocycles. The van der Waals surface area contributed by atoms with Crippen LogP contribution in [0.2, 0.25) is 0 Å². The minimum atomic E-state index is -0.376. The number of carbonyl (C=O) groups is 1. The van der Waals surface area contributed by atoms with Crippen molar-refractivity contribution in [3.05, 3.63) is 65.2 Å². The van der Waals surface area contributed by atoms with Crippen LogP contribution in [0.5, 0.6) is 5.75 Å². The molecule has 3 aromatic rings. The Morgan fingerprint density at radius 1 is 1.10 bits per heavy atom. The van der Waals surface area contributed by atoms with E-state index in [1.807, 2.05) is 29.2 Å². The first-order chi connectivity index (χ1) is 15.1. The van der Waals surface area contributed by atoms with Crippen LogP contribution >= 0.6 is 0 Å². The number of hydrogen-bond donors (Lipinski definition) is 1. The van der Waals surface area contributed by atoms with Gasteiger partial charge in [-0.25, -0.2) is 4.98 Å². The van der Waals surface area contributed by atoms with Crippen molar-refractivity contribution in [2.75, 3.05) is 12.0 Å². The Hall–Kier alpha value is -3.08. The fourth-order valence-corrected chi connectivity index (χ4v) is 5.15. The van der Waals surface area contributed by atoms with Gasteiger partial charge in [0, 0.05) is 18.4 Å². The zero-order valence-corrected chi connectivity index (χ0v) is 18.0. The molecule has 2 aliphatic rings. The van der Waals surface area contributed by atoms with Gasteiger partial charge < -0.3 is 15.4 Å². The van der Waals surface area contributed by atoms with Crippen LogP contribution in [-0.2, 0) is 17.8 Å². The highest BCUT2D eigenvalue weighted by atomic mass is 16.5. The summed E-state index contributed by atoms with van der Waals surface area (Å²) in [7, 11) is 1.66. The number of pyridine rings is 1. The minimum absolute atomic E-state index is 0.307. The van der Waals surface area contributed by atoms with Crippen molar-refractivity contribution in [1.82, 2.24) is 4.98 Å². The lowest BCUT2D eigenvalue weighted by molar-refractivity contribution is -0.119. The van der Waals surface area contributed by atoms with E-state index in [0.29, 0.717) is 18.9 Å². The van der Waals surface area contributed by atoms with Crippen molar-refractivity contribution in [1.29, 1.82) is 0 Å². The Kier molecular flexibility index (Phi) is 5.26. The van der Waals surface area contributed by atoms with Gasteiger partial charge in [0.05, 0.1) is 12.6 Å². The van der Waals surface area contributed by atoms with E-state index < -0.39 is 0 Å². The normalized spacial score (nSPS) is 18.9. The van der Waals surface area contributed by atoms with E-state index in [9.17, 15) is 4.79 Å². The number of rotatable bonds is 5. The molecule has 0 bridgehead atoms. The van der Waals surface area contributed by atoms with Gasteiger partial charge in [-0.3, -0.25) is 4.79 Å². The average molecular weight is 416 g/mol. The van der Waals surface area contributed by atoms with Crippen LogP contribution in [0.25, 0.3) is 10.9 Å². The van der Waals surface area contributed by atoms with Gasteiger partial charge in [0.1, 0.15) is 17.6 Å². The van der Waals surface area contributed by atoms with Gasteiger partial charge in [0.25, 0.3) is 0 Å². The molecule has 2 aromatic carbocycles. The van der Waals surface area contributed by atoms with Crippen molar-refractivity contribution in [3.63, 3.8) is 0 Å². The number of anilines is 1. The lowest BCUT2D eigenvalue weighted by Crippen LogP contribution is -2.42. The summed E-state index contributed by atoms with van der Waals surface area (Å²) < 4.78 is 5.26. The molecule has 0 spiro atoms. The molecule has 5 rings (SSSR count). The topological polar surface area (TPSA) is 68.4 Å². The third-order valence-corrected chi connectivity index (χ3v) is 6.87. The van der Waals surface area contributed by atoms with E-state index in [2.05, 4.69) is 24.3 Å². The minimum Gasteiger partial charge on any atom is -0.497 e. The summed E-state index contributed by atoms with van der Waals surface area (Å²) in [5, 5.41) is 1.16. The molecule has 1 amide bonds. The molecular formula is C26H29N3O2. The highest BCUT2D eigenvalue weighted by molar-refractivity contribution is 5.89. The molecule has 160 valence electrons. The monoisotopic (exact) mass is 415 g/mol. The predicted molar refractivity (Wildman–Crippen MR) is 123 cm³/mol. The molecular weight excluding hydrogens is 386 g/mol. The Balaban J connectivity index is 1.48. The second-order valence-electron chi connectivity index (χ2n) is 8.86. The number of nitrogens with zero attached hydrogens (tertiary/aromatic N) is 2. The van der Waals surface area contributed by atoms with E-state index in [-0.39, 0.29) is 11.9 Å². The first-order valence-electron chi connectivity index (χ1n) is 11.2. The second kappa shape index (κ2) is 8.22. The Bertz CT molecular complexity index is 1100. The molecule has 1 unspecified atom stereocenters. The van der Waals surface area contributed by atoms with Gasteiger partial charge in [0.2, 0.25) is 5.91 Å². The maximum absolute atomic E-state index is 12.3. The molecule has 31 heavy (non-hydrogen) atoms. The quantitative estimate of drug-likeness (QED) is 0.655. The van der Waals surface area contributed by atoms with Crippen LogP contribution in [0.3, 0.4) is 0 Å². The Morgan fingerprint density at radius 2 is 1.87 bits per heavy atom.